The van der Waals surface area contributed by atoms with Crippen molar-refractivity contribution in [3.63, 3.8) is 0 Å². The van der Waals surface area contributed by atoms with Gasteiger partial charge in [-0.1, -0.05) is 25.3 Å². The molecule has 1 saturated carbocycles. The lowest BCUT2D eigenvalue weighted by Gasteiger charge is -2.20. The SMILES string of the molecule is COc1cc(-c2c(C(=O)O)c(N)[nH]c(=O)c2C(=O)O)ccc1OC(=O)C1CCCCC1. The van der Waals surface area contributed by atoms with E-state index in [0.29, 0.717) is 0 Å². The predicted octanol–water partition coefficient (Wildman–Crippen LogP) is 2.51. The molecule has 0 aliphatic heterocycles. The maximum absolute atomic E-state index is 12.5. The van der Waals surface area contributed by atoms with Gasteiger partial charge in [0.1, 0.15) is 16.9 Å². The third-order valence-electron chi connectivity index (χ3n) is 5.27. The van der Waals surface area contributed by atoms with Crippen LogP contribution >= 0.6 is 0 Å². The van der Waals surface area contributed by atoms with Crippen molar-refractivity contribution in [1.29, 1.82) is 0 Å². The number of hydrogen-bond acceptors (Lipinski definition) is 7. The van der Waals surface area contributed by atoms with Gasteiger partial charge in [-0.05, 0) is 30.5 Å². The Hall–Kier alpha value is -3.82. The fourth-order valence-electron chi connectivity index (χ4n) is 3.77. The topological polar surface area (TPSA) is 169 Å². The summed E-state index contributed by atoms with van der Waals surface area (Å²) < 4.78 is 10.7. The lowest BCUT2D eigenvalue weighted by Crippen LogP contribution is -2.24. The van der Waals surface area contributed by atoms with E-state index in [0.717, 1.165) is 32.1 Å². The number of rotatable bonds is 6. The van der Waals surface area contributed by atoms with Gasteiger partial charge in [0.05, 0.1) is 13.0 Å². The number of carbonyl (C=O) groups excluding carboxylic acids is 1. The second kappa shape index (κ2) is 8.90. The second-order valence-electron chi connectivity index (χ2n) is 7.22. The minimum atomic E-state index is -1.62. The molecule has 164 valence electrons. The standard InChI is InChI=1S/C21H22N2O8/c1-30-13-9-11(7-8-12(13)31-21(29)10-5-3-2-4-6-10)14-15(19(25)26)17(22)23-18(24)16(14)20(27)28/h7-10H,2-6H2,1H3,(H,25,26)(H,27,28)(H3,22,23,24). The third-order valence-corrected chi connectivity index (χ3v) is 5.27. The van der Waals surface area contributed by atoms with E-state index in [1.165, 1.54) is 25.3 Å². The molecule has 1 aromatic heterocycles. The Bertz CT molecular complexity index is 1100. The van der Waals surface area contributed by atoms with E-state index in [9.17, 15) is 29.4 Å². The normalized spacial score (nSPS) is 14.1. The molecule has 1 fully saturated rings. The van der Waals surface area contributed by atoms with Crippen molar-refractivity contribution in [3.8, 4) is 22.6 Å². The number of nitrogens with one attached hydrogen (secondary N) is 1. The summed E-state index contributed by atoms with van der Waals surface area (Å²) in [6.07, 6.45) is 4.48. The van der Waals surface area contributed by atoms with Gasteiger partial charge in [0.25, 0.3) is 5.56 Å². The van der Waals surface area contributed by atoms with Crippen molar-refractivity contribution in [2.24, 2.45) is 5.92 Å². The van der Waals surface area contributed by atoms with E-state index >= 15 is 0 Å². The molecule has 0 amide bonds. The van der Waals surface area contributed by atoms with Crippen molar-refractivity contribution in [2.75, 3.05) is 12.8 Å². The molecule has 1 heterocycles. The summed E-state index contributed by atoms with van der Waals surface area (Å²) in [5.41, 5.74) is 2.95. The van der Waals surface area contributed by atoms with Crippen LogP contribution < -0.4 is 20.8 Å². The van der Waals surface area contributed by atoms with E-state index in [1.54, 1.807) is 0 Å². The number of anilines is 1. The van der Waals surface area contributed by atoms with Crippen molar-refractivity contribution in [1.82, 2.24) is 4.98 Å². The second-order valence-corrected chi connectivity index (χ2v) is 7.22. The zero-order valence-electron chi connectivity index (χ0n) is 16.8. The fourth-order valence-corrected chi connectivity index (χ4v) is 3.77. The molecular weight excluding hydrogens is 408 g/mol. The number of nitrogen functional groups attached to an aromatic ring is 1. The Morgan fingerprint density at radius 3 is 2.26 bits per heavy atom. The Kier molecular flexibility index (Phi) is 6.28. The average molecular weight is 430 g/mol. The van der Waals surface area contributed by atoms with Crippen LogP contribution in [0.4, 0.5) is 5.82 Å². The molecule has 0 saturated heterocycles. The van der Waals surface area contributed by atoms with Crippen LogP contribution in [0.2, 0.25) is 0 Å². The van der Waals surface area contributed by atoms with Gasteiger partial charge in [-0.15, -0.1) is 0 Å². The minimum absolute atomic E-state index is 0.0573. The van der Waals surface area contributed by atoms with Crippen LogP contribution in [-0.4, -0.2) is 40.2 Å². The number of benzene rings is 1. The van der Waals surface area contributed by atoms with Crippen LogP contribution in [0.25, 0.3) is 11.1 Å². The Morgan fingerprint density at radius 1 is 1.03 bits per heavy atom. The van der Waals surface area contributed by atoms with Crippen molar-refractivity contribution in [2.45, 2.75) is 32.1 Å². The summed E-state index contributed by atoms with van der Waals surface area (Å²) in [4.78, 5) is 50.1. The Morgan fingerprint density at radius 2 is 1.68 bits per heavy atom. The smallest absolute Gasteiger partial charge is 0.342 e. The molecule has 1 aliphatic carbocycles. The maximum Gasteiger partial charge on any atom is 0.342 e. The number of methoxy groups -OCH3 is 1. The molecule has 10 nitrogen and oxygen atoms in total. The highest BCUT2D eigenvalue weighted by Gasteiger charge is 2.28. The molecule has 0 unspecified atom stereocenters. The van der Waals surface area contributed by atoms with Crippen molar-refractivity contribution >= 4 is 23.7 Å². The molecule has 0 bridgehead atoms. The largest absolute Gasteiger partial charge is 0.493 e. The Balaban J connectivity index is 2.09. The maximum atomic E-state index is 12.5. The highest BCUT2D eigenvalue weighted by atomic mass is 16.6. The lowest BCUT2D eigenvalue weighted by atomic mass is 9.89. The monoisotopic (exact) mass is 430 g/mol. The summed E-state index contributed by atoms with van der Waals surface area (Å²) in [7, 11) is 1.32. The molecule has 31 heavy (non-hydrogen) atoms. The number of pyridine rings is 1. The summed E-state index contributed by atoms with van der Waals surface area (Å²) in [6, 6.07) is 4.01. The number of hydrogen-bond donors (Lipinski definition) is 4. The van der Waals surface area contributed by atoms with Crippen LogP contribution in [-0.2, 0) is 4.79 Å². The first-order valence-corrected chi connectivity index (χ1v) is 9.67. The fraction of sp³-hybridized carbons (Fsp3) is 0.333. The lowest BCUT2D eigenvalue weighted by molar-refractivity contribution is -0.140. The van der Waals surface area contributed by atoms with Gasteiger partial charge in [-0.2, -0.15) is 0 Å². The highest BCUT2D eigenvalue weighted by Crippen LogP contribution is 2.37. The molecule has 0 radical (unpaired) electrons. The molecule has 3 rings (SSSR count). The number of aromatic nitrogens is 1. The first-order valence-electron chi connectivity index (χ1n) is 9.67. The van der Waals surface area contributed by atoms with Gasteiger partial charge in [0.2, 0.25) is 0 Å². The first-order chi connectivity index (χ1) is 14.7. The summed E-state index contributed by atoms with van der Waals surface area (Å²) >= 11 is 0. The van der Waals surface area contributed by atoms with E-state index in [-0.39, 0.29) is 34.5 Å². The van der Waals surface area contributed by atoms with Crippen molar-refractivity contribution < 1.29 is 34.1 Å². The molecule has 2 aromatic rings. The zero-order chi connectivity index (χ0) is 22.7. The van der Waals surface area contributed by atoms with Gasteiger partial charge >= 0.3 is 17.9 Å². The van der Waals surface area contributed by atoms with E-state index in [4.69, 9.17) is 15.2 Å². The first kappa shape index (κ1) is 21.9. The molecule has 1 aliphatic rings. The van der Waals surface area contributed by atoms with Gasteiger partial charge in [-0.3, -0.25) is 9.59 Å². The third kappa shape index (κ3) is 4.37. The van der Waals surface area contributed by atoms with Crippen LogP contribution in [0.1, 0.15) is 52.8 Å². The highest BCUT2D eigenvalue weighted by molar-refractivity contribution is 6.07. The van der Waals surface area contributed by atoms with E-state index < -0.39 is 34.4 Å². The van der Waals surface area contributed by atoms with E-state index in [2.05, 4.69) is 0 Å². The predicted molar refractivity (Wildman–Crippen MR) is 110 cm³/mol. The summed E-state index contributed by atoms with van der Waals surface area (Å²) in [5, 5.41) is 19.0. The van der Waals surface area contributed by atoms with Crippen molar-refractivity contribution in [3.05, 3.63) is 39.7 Å². The molecular formula is C21H22N2O8. The minimum Gasteiger partial charge on any atom is -0.493 e. The number of esters is 1. The summed E-state index contributed by atoms with van der Waals surface area (Å²) in [6.45, 7) is 0. The van der Waals surface area contributed by atoms with Gasteiger partial charge in [0, 0.05) is 5.56 Å². The molecule has 10 heteroatoms. The number of ether oxygens (including phenoxy) is 2. The number of aromatic carboxylic acids is 2. The number of carbonyl (C=O) groups is 3. The van der Waals surface area contributed by atoms with Gasteiger partial charge in [0.15, 0.2) is 11.5 Å². The zero-order valence-corrected chi connectivity index (χ0v) is 16.8. The molecule has 5 N–H and O–H groups in total. The van der Waals surface area contributed by atoms with Crippen LogP contribution in [0, 0.1) is 5.92 Å². The molecule has 0 spiro atoms. The average Bonchev–Trinajstić information content (AvgIpc) is 2.73. The number of carboxylic acid groups (broad SMARTS) is 2. The number of aromatic amines is 1. The number of H-pyrrole nitrogens is 1. The van der Waals surface area contributed by atoms with Crippen LogP contribution in [0.5, 0.6) is 11.5 Å². The molecule has 0 atom stereocenters. The summed E-state index contributed by atoms with van der Waals surface area (Å²) in [5.74, 6) is -4.03. The van der Waals surface area contributed by atoms with Gasteiger partial charge < -0.3 is 30.4 Å². The Labute approximate surface area is 176 Å². The number of carboxylic acids is 2. The van der Waals surface area contributed by atoms with Crippen LogP contribution in [0.3, 0.4) is 0 Å². The molecule has 1 aromatic carbocycles. The van der Waals surface area contributed by atoms with E-state index in [1.807, 2.05) is 4.98 Å². The number of nitrogens with two attached hydrogens (primary N) is 1. The quantitative estimate of drug-likeness (QED) is 0.397. The van der Waals surface area contributed by atoms with Gasteiger partial charge in [-0.25, -0.2) is 9.59 Å². The van der Waals surface area contributed by atoms with Crippen LogP contribution in [0.15, 0.2) is 23.0 Å².